The van der Waals surface area contributed by atoms with Gasteiger partial charge >= 0.3 is 5.97 Å². The molecule has 1 fully saturated rings. The average molecular weight is 493 g/mol. The number of hydrogen-bond acceptors (Lipinski definition) is 7. The molecule has 2 aliphatic rings. The van der Waals surface area contributed by atoms with Gasteiger partial charge < -0.3 is 24.7 Å². The lowest BCUT2D eigenvalue weighted by molar-refractivity contribution is -0.137. The molecule has 0 aliphatic carbocycles. The summed E-state index contributed by atoms with van der Waals surface area (Å²) >= 11 is 6.29. The van der Waals surface area contributed by atoms with E-state index >= 15 is 0 Å². The van der Waals surface area contributed by atoms with Gasteiger partial charge in [0.05, 0.1) is 17.3 Å². The van der Waals surface area contributed by atoms with Crippen LogP contribution in [0.3, 0.4) is 0 Å². The Morgan fingerprint density at radius 1 is 1.09 bits per heavy atom. The number of phenols is 2. The van der Waals surface area contributed by atoms with Crippen LogP contribution in [0.4, 0.5) is 0 Å². The van der Waals surface area contributed by atoms with E-state index in [-0.39, 0.29) is 54.9 Å². The minimum Gasteiger partial charge on any atom is -0.507 e. The zero-order chi connectivity index (χ0) is 23.6. The Kier molecular flexibility index (Phi) is 10.9. The van der Waals surface area contributed by atoms with Crippen LogP contribution in [0, 0.1) is 0 Å². The van der Waals surface area contributed by atoms with Gasteiger partial charge in [-0.25, -0.2) is 4.79 Å². The van der Waals surface area contributed by atoms with Crippen molar-refractivity contribution in [1.82, 2.24) is 4.90 Å². The van der Waals surface area contributed by atoms with E-state index in [0.29, 0.717) is 12.1 Å². The molecule has 1 aromatic carbocycles. The molecule has 2 aliphatic heterocycles. The molecule has 2 N–H and O–H groups in total. The molecule has 0 bridgehead atoms. The smallest absolute Gasteiger partial charge is 0.342 e. The molecule has 0 aromatic heterocycles. The van der Waals surface area contributed by atoms with Crippen LogP contribution < -0.4 is 0 Å². The van der Waals surface area contributed by atoms with Crippen LogP contribution in [0.2, 0.25) is 5.02 Å². The van der Waals surface area contributed by atoms with Crippen molar-refractivity contribution in [3.63, 3.8) is 0 Å². The van der Waals surface area contributed by atoms with E-state index in [9.17, 15) is 19.8 Å². The highest BCUT2D eigenvalue weighted by Crippen LogP contribution is 2.37. The van der Waals surface area contributed by atoms with Crippen molar-refractivity contribution in [3.8, 4) is 11.5 Å². The minimum absolute atomic E-state index is 0. The summed E-state index contributed by atoms with van der Waals surface area (Å²) in [5, 5.41) is 24.5. The standard InChI is InChI=1S/C24H29ClN2O6.CH4/c25-23-18-14-17(26-33-16-21(30)27-11-7-5-8-12-27)10-6-3-1-2-4-9-13-32-24(31)22(18)19(28)15-20(23)29;/h2,4,6,10,15,28-29H,1,3,5,7-9,11-14,16H2;1H4/b4-2+,10-6+,26-17-;. The quantitative estimate of drug-likeness (QED) is 0.357. The summed E-state index contributed by atoms with van der Waals surface area (Å²) in [5.41, 5.74) is 0.411. The molecule has 0 atom stereocenters. The van der Waals surface area contributed by atoms with Crippen LogP contribution in [-0.2, 0) is 20.8 Å². The molecular formula is C25H33ClN2O6. The number of hydrogen-bond donors (Lipinski definition) is 2. The molecule has 1 saturated heterocycles. The number of nitrogens with zero attached hydrogens (tertiary/aromatic N) is 2. The third-order valence-electron chi connectivity index (χ3n) is 5.46. The van der Waals surface area contributed by atoms with Crippen LogP contribution in [0.25, 0.3) is 0 Å². The molecule has 0 radical (unpaired) electrons. The van der Waals surface area contributed by atoms with Gasteiger partial charge in [-0.3, -0.25) is 4.79 Å². The van der Waals surface area contributed by atoms with Gasteiger partial charge in [-0.2, -0.15) is 0 Å². The van der Waals surface area contributed by atoms with E-state index < -0.39 is 11.7 Å². The zero-order valence-electron chi connectivity index (χ0n) is 18.5. The molecule has 8 nitrogen and oxygen atoms in total. The van der Waals surface area contributed by atoms with E-state index in [4.69, 9.17) is 21.2 Å². The predicted octanol–water partition coefficient (Wildman–Crippen LogP) is 4.77. The molecule has 2 heterocycles. The Hall–Kier alpha value is -3.00. The summed E-state index contributed by atoms with van der Waals surface area (Å²) < 4.78 is 5.27. The molecular weight excluding hydrogens is 460 g/mol. The lowest BCUT2D eigenvalue weighted by Crippen LogP contribution is -2.37. The van der Waals surface area contributed by atoms with Crippen molar-refractivity contribution in [3.05, 3.63) is 46.5 Å². The number of piperidine rings is 1. The molecule has 1 amide bonds. The number of cyclic esters (lactones) is 1. The Balaban J connectivity index is 0.00000408. The van der Waals surface area contributed by atoms with E-state index in [2.05, 4.69) is 5.16 Å². The van der Waals surface area contributed by atoms with Crippen molar-refractivity contribution in [2.45, 2.75) is 52.4 Å². The maximum atomic E-state index is 12.7. The van der Waals surface area contributed by atoms with Gasteiger partial charge in [0.2, 0.25) is 0 Å². The van der Waals surface area contributed by atoms with Crippen LogP contribution in [0.5, 0.6) is 11.5 Å². The normalized spacial score (nSPS) is 20.3. The average Bonchev–Trinajstić information content (AvgIpc) is 2.80. The Bertz CT molecular complexity index is 951. The first kappa shape index (κ1) is 27.2. The SMILES string of the molecule is C.O=C1OCC/C=C/CC/C=C/C(=N/OCC(=O)N2CCCCC2)Cc2c(Cl)c(O)cc(O)c21. The number of likely N-dealkylation sites (tertiary alicyclic amines) is 1. The van der Waals surface area contributed by atoms with Gasteiger partial charge in [-0.1, -0.05) is 42.4 Å². The van der Waals surface area contributed by atoms with E-state index in [1.54, 1.807) is 11.0 Å². The number of phenolic OH excluding ortho intramolecular Hbond substituents is 2. The number of oxime groups is 1. The van der Waals surface area contributed by atoms with Gasteiger partial charge in [-0.15, -0.1) is 0 Å². The van der Waals surface area contributed by atoms with Crippen LogP contribution in [-0.4, -0.2) is 59.0 Å². The highest BCUT2D eigenvalue weighted by Gasteiger charge is 2.24. The first-order valence-corrected chi connectivity index (χ1v) is 11.5. The number of fused-ring (bicyclic) bond motifs is 1. The van der Waals surface area contributed by atoms with E-state index in [1.807, 2.05) is 18.2 Å². The van der Waals surface area contributed by atoms with E-state index in [1.165, 1.54) is 0 Å². The number of halogens is 1. The third-order valence-corrected chi connectivity index (χ3v) is 5.88. The molecule has 186 valence electrons. The number of benzene rings is 1. The predicted molar refractivity (Wildman–Crippen MR) is 131 cm³/mol. The zero-order valence-corrected chi connectivity index (χ0v) is 19.2. The van der Waals surface area contributed by atoms with Crippen molar-refractivity contribution < 1.29 is 29.4 Å². The molecule has 34 heavy (non-hydrogen) atoms. The van der Waals surface area contributed by atoms with E-state index in [0.717, 1.165) is 51.3 Å². The van der Waals surface area contributed by atoms with Crippen LogP contribution >= 0.6 is 11.6 Å². The molecule has 0 unspecified atom stereocenters. The van der Waals surface area contributed by atoms with Gasteiger partial charge in [0.25, 0.3) is 5.91 Å². The highest BCUT2D eigenvalue weighted by molar-refractivity contribution is 6.33. The molecule has 0 spiro atoms. The summed E-state index contributed by atoms with van der Waals surface area (Å²) in [6.07, 6.45) is 12.7. The summed E-state index contributed by atoms with van der Waals surface area (Å²) in [4.78, 5) is 32.1. The van der Waals surface area contributed by atoms with Crippen LogP contribution in [0.15, 0.2) is 35.5 Å². The first-order chi connectivity index (χ1) is 16.0. The maximum absolute atomic E-state index is 12.7. The number of aromatic hydroxyl groups is 2. The lowest BCUT2D eigenvalue weighted by Gasteiger charge is -2.26. The number of rotatable bonds is 3. The van der Waals surface area contributed by atoms with Gasteiger partial charge in [0, 0.05) is 25.6 Å². The highest BCUT2D eigenvalue weighted by atomic mass is 35.5. The van der Waals surface area contributed by atoms with Crippen LogP contribution in [0.1, 0.15) is 61.9 Å². The number of carbonyl (C=O) groups excluding carboxylic acids is 2. The fourth-order valence-electron chi connectivity index (χ4n) is 3.72. The summed E-state index contributed by atoms with van der Waals surface area (Å²) in [6.45, 7) is 1.38. The molecule has 0 saturated carbocycles. The number of ether oxygens (including phenoxy) is 1. The summed E-state index contributed by atoms with van der Waals surface area (Å²) in [7, 11) is 0. The largest absolute Gasteiger partial charge is 0.507 e. The number of allylic oxidation sites excluding steroid dienone is 3. The second-order valence-electron chi connectivity index (χ2n) is 7.93. The number of amides is 1. The van der Waals surface area contributed by atoms with Crippen molar-refractivity contribution in [1.29, 1.82) is 0 Å². The Morgan fingerprint density at radius 3 is 2.56 bits per heavy atom. The Labute approximate surface area is 205 Å². The molecule has 9 heteroatoms. The van der Waals surface area contributed by atoms with Gasteiger partial charge in [0.1, 0.15) is 17.1 Å². The fraction of sp³-hybridized carbons (Fsp3) is 0.480. The van der Waals surface area contributed by atoms with Crippen molar-refractivity contribution >= 4 is 29.2 Å². The van der Waals surface area contributed by atoms with Gasteiger partial charge in [-0.05, 0) is 50.2 Å². The number of esters is 1. The molecule has 3 rings (SSSR count). The third kappa shape index (κ3) is 7.52. The molecule has 1 aromatic rings. The maximum Gasteiger partial charge on any atom is 0.342 e. The Morgan fingerprint density at radius 2 is 1.79 bits per heavy atom. The van der Waals surface area contributed by atoms with Gasteiger partial charge in [0.15, 0.2) is 6.61 Å². The van der Waals surface area contributed by atoms with Crippen molar-refractivity contribution in [2.24, 2.45) is 5.16 Å². The second-order valence-corrected chi connectivity index (χ2v) is 8.31. The monoisotopic (exact) mass is 492 g/mol. The number of carbonyl (C=O) groups is 2. The summed E-state index contributed by atoms with van der Waals surface area (Å²) in [5.74, 6) is -1.69. The minimum atomic E-state index is -0.751. The lowest BCUT2D eigenvalue weighted by atomic mass is 9.99. The second kappa shape index (κ2) is 13.6. The summed E-state index contributed by atoms with van der Waals surface area (Å²) in [6, 6.07) is 1.01. The van der Waals surface area contributed by atoms with Crippen molar-refractivity contribution in [2.75, 3.05) is 26.3 Å². The fourth-order valence-corrected chi connectivity index (χ4v) is 3.94. The topological polar surface area (TPSA) is 109 Å². The first-order valence-electron chi connectivity index (χ1n) is 11.2.